The predicted molar refractivity (Wildman–Crippen MR) is 131 cm³/mol. The van der Waals surface area contributed by atoms with E-state index in [4.69, 9.17) is 10.5 Å². The fourth-order valence-corrected chi connectivity index (χ4v) is 7.52. The maximum atomic E-state index is 11.0. The Morgan fingerprint density at radius 2 is 1.55 bits per heavy atom. The summed E-state index contributed by atoms with van der Waals surface area (Å²) in [4.78, 5) is 0. The molecule has 4 aliphatic rings. The second kappa shape index (κ2) is 8.03. The van der Waals surface area contributed by atoms with Crippen molar-refractivity contribution < 1.29 is 14.9 Å². The number of ether oxygens (including phenoxy) is 1. The van der Waals surface area contributed by atoms with Crippen LogP contribution in [0.4, 0.5) is 0 Å². The van der Waals surface area contributed by atoms with Gasteiger partial charge in [0, 0.05) is 17.5 Å². The van der Waals surface area contributed by atoms with Gasteiger partial charge >= 0.3 is 0 Å². The molecule has 0 saturated heterocycles. The van der Waals surface area contributed by atoms with Gasteiger partial charge in [0.15, 0.2) is 0 Å². The number of rotatable bonds is 6. The van der Waals surface area contributed by atoms with Gasteiger partial charge in [0.1, 0.15) is 18.1 Å². The molecule has 0 aromatic heterocycles. The fourth-order valence-electron chi connectivity index (χ4n) is 7.52. The number of aromatic hydroxyl groups is 1. The molecule has 4 bridgehead atoms. The average molecular weight is 444 g/mol. The molecule has 3 aromatic rings. The van der Waals surface area contributed by atoms with Crippen molar-refractivity contribution in [1.29, 1.82) is 0 Å². The van der Waals surface area contributed by atoms with Crippen LogP contribution in [0.25, 0.3) is 21.9 Å². The number of phenols is 1. The molecule has 172 valence electrons. The van der Waals surface area contributed by atoms with E-state index < -0.39 is 0 Å². The zero-order chi connectivity index (χ0) is 22.6. The van der Waals surface area contributed by atoms with Gasteiger partial charge in [-0.25, -0.2) is 0 Å². The summed E-state index contributed by atoms with van der Waals surface area (Å²) in [6.45, 7) is 0.851. The fraction of sp³-hybridized carbons (Fsp3) is 0.448. The molecule has 0 amide bonds. The van der Waals surface area contributed by atoms with Gasteiger partial charge in [-0.15, -0.1) is 0 Å². The van der Waals surface area contributed by atoms with E-state index in [1.54, 1.807) is 0 Å². The standard InChI is InChI=1S/C29H33NO3/c30-5-6-33-28-11-21(17-31)10-24-2-1-22(12-25(24)28)23-3-4-27(32)26(13-23)29-14-18-7-19(15-29)9-20(8-18)16-29/h1-4,10-13,18-20,31-32H,5-9,14-17,30H2. The van der Waals surface area contributed by atoms with E-state index in [1.165, 1.54) is 38.5 Å². The highest BCUT2D eigenvalue weighted by Gasteiger charge is 2.52. The summed E-state index contributed by atoms with van der Waals surface area (Å²) in [6.07, 6.45) is 7.88. The van der Waals surface area contributed by atoms with Crippen molar-refractivity contribution >= 4 is 10.8 Å². The van der Waals surface area contributed by atoms with Crippen LogP contribution in [0, 0.1) is 17.8 Å². The Kier molecular flexibility index (Phi) is 5.11. The predicted octanol–water partition coefficient (Wildman–Crippen LogP) is 5.51. The Balaban J connectivity index is 1.42. The summed E-state index contributed by atoms with van der Waals surface area (Å²) >= 11 is 0. The second-order valence-corrected chi connectivity index (χ2v) is 10.8. The SMILES string of the molecule is NCCOc1cc(CO)cc2ccc(-c3ccc(O)c(C45CC6CC(CC(C6)C4)C5)c3)cc12. The highest BCUT2D eigenvalue weighted by Crippen LogP contribution is 2.62. The number of fused-ring (bicyclic) bond motifs is 1. The van der Waals surface area contributed by atoms with E-state index in [0.717, 1.165) is 56.5 Å². The van der Waals surface area contributed by atoms with Gasteiger partial charge in [0.05, 0.1) is 6.61 Å². The van der Waals surface area contributed by atoms with Crippen LogP contribution in [-0.4, -0.2) is 23.4 Å². The molecule has 4 nitrogen and oxygen atoms in total. The molecular weight excluding hydrogens is 410 g/mol. The van der Waals surface area contributed by atoms with Crippen LogP contribution in [0.2, 0.25) is 0 Å². The molecule has 4 fully saturated rings. The maximum Gasteiger partial charge on any atom is 0.127 e. The van der Waals surface area contributed by atoms with E-state index in [2.05, 4.69) is 24.3 Å². The molecular formula is C29H33NO3. The van der Waals surface area contributed by atoms with Crippen molar-refractivity contribution in [2.45, 2.75) is 50.5 Å². The highest BCUT2D eigenvalue weighted by atomic mass is 16.5. The van der Waals surface area contributed by atoms with E-state index in [9.17, 15) is 10.2 Å². The van der Waals surface area contributed by atoms with Crippen LogP contribution < -0.4 is 10.5 Å². The molecule has 3 aromatic carbocycles. The minimum Gasteiger partial charge on any atom is -0.508 e. The molecule has 33 heavy (non-hydrogen) atoms. The Morgan fingerprint density at radius 1 is 0.879 bits per heavy atom. The Labute approximate surface area is 195 Å². The lowest BCUT2D eigenvalue weighted by Gasteiger charge is -2.57. The number of aliphatic hydroxyl groups excluding tert-OH is 1. The van der Waals surface area contributed by atoms with Crippen LogP contribution in [0.3, 0.4) is 0 Å². The first-order chi connectivity index (χ1) is 16.1. The largest absolute Gasteiger partial charge is 0.508 e. The average Bonchev–Trinajstić information content (AvgIpc) is 2.81. The van der Waals surface area contributed by atoms with Gasteiger partial charge in [-0.2, -0.15) is 0 Å². The Bertz CT molecular complexity index is 1170. The molecule has 0 heterocycles. The lowest BCUT2D eigenvalue weighted by molar-refractivity contribution is -0.00611. The van der Waals surface area contributed by atoms with E-state index in [0.29, 0.717) is 18.9 Å². The summed E-state index contributed by atoms with van der Waals surface area (Å²) in [5.41, 5.74) is 10.1. The number of phenolic OH excluding ortho intramolecular Hbond substituents is 1. The molecule has 0 aliphatic heterocycles. The first-order valence-corrected chi connectivity index (χ1v) is 12.4. The van der Waals surface area contributed by atoms with Crippen molar-refractivity contribution in [3.8, 4) is 22.6 Å². The zero-order valence-corrected chi connectivity index (χ0v) is 19.1. The number of hydrogen-bond acceptors (Lipinski definition) is 4. The summed E-state index contributed by atoms with van der Waals surface area (Å²) in [7, 11) is 0. The summed E-state index contributed by atoms with van der Waals surface area (Å²) in [6, 6.07) is 16.5. The van der Waals surface area contributed by atoms with E-state index in [-0.39, 0.29) is 12.0 Å². The first kappa shape index (κ1) is 21.0. The third-order valence-corrected chi connectivity index (χ3v) is 8.47. The molecule has 0 radical (unpaired) electrons. The van der Waals surface area contributed by atoms with Crippen LogP contribution in [0.15, 0.2) is 48.5 Å². The quantitative estimate of drug-likeness (QED) is 0.470. The van der Waals surface area contributed by atoms with Crippen molar-refractivity contribution in [3.63, 3.8) is 0 Å². The van der Waals surface area contributed by atoms with Gasteiger partial charge in [-0.3, -0.25) is 0 Å². The lowest BCUT2D eigenvalue weighted by Crippen LogP contribution is -2.48. The lowest BCUT2D eigenvalue weighted by atomic mass is 9.48. The highest BCUT2D eigenvalue weighted by molar-refractivity contribution is 5.93. The topological polar surface area (TPSA) is 75.7 Å². The molecule has 4 saturated carbocycles. The minimum atomic E-state index is -0.0247. The van der Waals surface area contributed by atoms with E-state index >= 15 is 0 Å². The van der Waals surface area contributed by atoms with Crippen LogP contribution in [0.1, 0.15) is 49.7 Å². The maximum absolute atomic E-state index is 11.0. The zero-order valence-electron chi connectivity index (χ0n) is 19.1. The van der Waals surface area contributed by atoms with Gasteiger partial charge in [0.25, 0.3) is 0 Å². The normalized spacial score (nSPS) is 27.9. The summed E-state index contributed by atoms with van der Waals surface area (Å²) in [5.74, 6) is 3.72. The summed E-state index contributed by atoms with van der Waals surface area (Å²) in [5, 5.41) is 22.7. The number of nitrogens with two attached hydrogens (primary N) is 1. The molecule has 0 spiro atoms. The molecule has 0 atom stereocenters. The van der Waals surface area contributed by atoms with Gasteiger partial charge in [-0.05, 0) is 114 Å². The van der Waals surface area contributed by atoms with Crippen molar-refractivity contribution in [1.82, 2.24) is 0 Å². The van der Waals surface area contributed by atoms with Crippen LogP contribution >= 0.6 is 0 Å². The van der Waals surface area contributed by atoms with Crippen LogP contribution in [0.5, 0.6) is 11.5 Å². The third kappa shape index (κ3) is 3.60. The molecule has 4 N–H and O–H groups in total. The number of benzene rings is 3. The van der Waals surface area contributed by atoms with E-state index in [1.807, 2.05) is 24.3 Å². The minimum absolute atomic E-state index is 0.0247. The van der Waals surface area contributed by atoms with Gasteiger partial charge < -0.3 is 20.7 Å². The second-order valence-electron chi connectivity index (χ2n) is 10.8. The van der Waals surface area contributed by atoms with Crippen molar-refractivity contribution in [3.05, 3.63) is 59.7 Å². The monoisotopic (exact) mass is 443 g/mol. The van der Waals surface area contributed by atoms with Crippen molar-refractivity contribution in [2.24, 2.45) is 23.5 Å². The first-order valence-electron chi connectivity index (χ1n) is 12.4. The molecule has 4 aliphatic carbocycles. The Morgan fingerprint density at radius 3 is 2.21 bits per heavy atom. The van der Waals surface area contributed by atoms with Gasteiger partial charge in [-0.1, -0.05) is 18.2 Å². The third-order valence-electron chi connectivity index (χ3n) is 8.47. The van der Waals surface area contributed by atoms with Crippen molar-refractivity contribution in [2.75, 3.05) is 13.2 Å². The smallest absolute Gasteiger partial charge is 0.127 e. The molecule has 4 heteroatoms. The number of aliphatic hydroxyl groups is 1. The Hall–Kier alpha value is -2.56. The number of hydrogen-bond donors (Lipinski definition) is 3. The molecule has 0 unspecified atom stereocenters. The van der Waals surface area contributed by atoms with Crippen LogP contribution in [-0.2, 0) is 12.0 Å². The molecule has 7 rings (SSSR count). The van der Waals surface area contributed by atoms with Gasteiger partial charge in [0.2, 0.25) is 0 Å². The summed E-state index contributed by atoms with van der Waals surface area (Å²) < 4.78 is 5.93.